The molecule has 0 radical (unpaired) electrons. The van der Waals surface area contributed by atoms with Crippen molar-refractivity contribution in [3.63, 3.8) is 0 Å². The molecule has 25 heavy (non-hydrogen) atoms. The van der Waals surface area contributed by atoms with Crippen LogP contribution in [-0.4, -0.2) is 13.0 Å². The molecule has 0 heterocycles. The highest BCUT2D eigenvalue weighted by Crippen LogP contribution is 2.29. The molecule has 128 valence electrons. The molecule has 1 N–H and O–H groups in total. The fourth-order valence-corrected chi connectivity index (χ4v) is 2.96. The zero-order valence-corrected chi connectivity index (χ0v) is 15.4. The molecular weight excluding hydrogens is 357 g/mol. The smallest absolute Gasteiger partial charge is 0.231 e. The summed E-state index contributed by atoms with van der Waals surface area (Å²) in [5.74, 6) is 0.334. The largest absolute Gasteiger partial charge is 0.497 e. The van der Waals surface area contributed by atoms with Crippen molar-refractivity contribution in [2.45, 2.75) is 12.8 Å². The molecule has 3 aromatic rings. The lowest BCUT2D eigenvalue weighted by molar-refractivity contribution is -0.117. The lowest BCUT2D eigenvalue weighted by Gasteiger charge is -2.14. The number of carbonyl (C=O) groups is 1. The number of rotatable bonds is 4. The van der Waals surface area contributed by atoms with Crippen LogP contribution >= 0.6 is 23.2 Å². The summed E-state index contributed by atoms with van der Waals surface area (Å²) in [7, 11) is 1.64. The average molecular weight is 374 g/mol. The Labute approximate surface area is 156 Å². The first-order valence-electron chi connectivity index (χ1n) is 7.81. The number of methoxy groups -OCH3 is 1. The summed E-state index contributed by atoms with van der Waals surface area (Å²) in [6, 6.07) is 16.8. The molecule has 3 rings (SSSR count). The van der Waals surface area contributed by atoms with E-state index in [1.165, 1.54) is 0 Å². The Kier molecular flexibility index (Phi) is 5.16. The number of amides is 1. The monoisotopic (exact) mass is 373 g/mol. The van der Waals surface area contributed by atoms with Gasteiger partial charge in [-0.3, -0.25) is 4.79 Å². The number of hydrogen-bond acceptors (Lipinski definition) is 2. The molecule has 0 aliphatic heterocycles. The van der Waals surface area contributed by atoms with E-state index >= 15 is 0 Å². The summed E-state index contributed by atoms with van der Waals surface area (Å²) in [6.45, 7) is 1.86. The van der Waals surface area contributed by atoms with Gasteiger partial charge >= 0.3 is 0 Å². The zero-order valence-electron chi connectivity index (χ0n) is 13.8. The van der Waals surface area contributed by atoms with E-state index in [-0.39, 0.29) is 11.8 Å². The third-order valence-corrected chi connectivity index (χ3v) is 4.72. The molecule has 0 fully saturated rings. The van der Waals surface area contributed by atoms with Crippen molar-refractivity contribution in [1.29, 1.82) is 0 Å². The van der Waals surface area contributed by atoms with E-state index in [9.17, 15) is 4.79 Å². The van der Waals surface area contributed by atoms with Crippen LogP contribution in [0.3, 0.4) is 0 Å². The van der Waals surface area contributed by atoms with Crippen molar-refractivity contribution in [3.8, 4) is 5.75 Å². The van der Waals surface area contributed by atoms with E-state index < -0.39 is 0 Å². The number of ether oxygens (including phenoxy) is 1. The minimum Gasteiger partial charge on any atom is -0.497 e. The number of hydrogen-bond donors (Lipinski definition) is 1. The maximum Gasteiger partial charge on any atom is 0.231 e. The minimum absolute atomic E-state index is 0.142. The van der Waals surface area contributed by atoms with Crippen molar-refractivity contribution < 1.29 is 9.53 Å². The van der Waals surface area contributed by atoms with Crippen LogP contribution in [0.1, 0.15) is 18.4 Å². The molecule has 0 aliphatic carbocycles. The predicted molar refractivity (Wildman–Crippen MR) is 104 cm³/mol. The molecule has 0 saturated carbocycles. The van der Waals surface area contributed by atoms with Gasteiger partial charge in [0.25, 0.3) is 0 Å². The molecule has 0 aliphatic rings. The highest BCUT2D eigenvalue weighted by molar-refractivity contribution is 6.35. The van der Waals surface area contributed by atoms with Gasteiger partial charge in [0, 0.05) is 5.02 Å². The van der Waals surface area contributed by atoms with Gasteiger partial charge in [0.1, 0.15) is 5.75 Å². The van der Waals surface area contributed by atoms with Crippen LogP contribution < -0.4 is 10.1 Å². The van der Waals surface area contributed by atoms with Crippen molar-refractivity contribution in [2.75, 3.05) is 12.4 Å². The summed E-state index contributed by atoms with van der Waals surface area (Å²) in [5.41, 5.74) is 1.44. The van der Waals surface area contributed by atoms with Crippen LogP contribution in [0.15, 0.2) is 54.6 Å². The lowest BCUT2D eigenvalue weighted by Crippen LogP contribution is -2.19. The summed E-state index contributed by atoms with van der Waals surface area (Å²) >= 11 is 12.1. The highest BCUT2D eigenvalue weighted by Gasteiger charge is 2.17. The highest BCUT2D eigenvalue weighted by atomic mass is 35.5. The van der Waals surface area contributed by atoms with E-state index in [1.54, 1.807) is 25.3 Å². The third-order valence-electron chi connectivity index (χ3n) is 4.15. The molecule has 0 aromatic heterocycles. The van der Waals surface area contributed by atoms with E-state index in [0.29, 0.717) is 15.7 Å². The van der Waals surface area contributed by atoms with E-state index in [0.717, 1.165) is 22.1 Å². The van der Waals surface area contributed by atoms with Gasteiger partial charge in [-0.15, -0.1) is 0 Å². The number of halogens is 2. The van der Waals surface area contributed by atoms with Gasteiger partial charge in [0.05, 0.1) is 23.7 Å². The van der Waals surface area contributed by atoms with Gasteiger partial charge in [-0.1, -0.05) is 47.5 Å². The second kappa shape index (κ2) is 7.34. The molecule has 1 amide bonds. The SMILES string of the molecule is COc1ccc2cc([C@H](C)C(=O)Nc3cc(Cl)ccc3Cl)ccc2c1. The third kappa shape index (κ3) is 3.89. The van der Waals surface area contributed by atoms with Gasteiger partial charge in [0.15, 0.2) is 0 Å². The first kappa shape index (κ1) is 17.6. The number of nitrogens with one attached hydrogen (secondary N) is 1. The summed E-state index contributed by atoms with van der Waals surface area (Å²) in [6.07, 6.45) is 0. The Balaban J connectivity index is 1.84. The number of carbonyl (C=O) groups excluding carboxylic acids is 1. The lowest BCUT2D eigenvalue weighted by atomic mass is 9.97. The van der Waals surface area contributed by atoms with E-state index in [4.69, 9.17) is 27.9 Å². The topological polar surface area (TPSA) is 38.3 Å². The first-order valence-corrected chi connectivity index (χ1v) is 8.57. The predicted octanol–water partition coefficient (Wildman–Crippen LogP) is 5.90. The Hall–Kier alpha value is -2.23. The number of anilines is 1. The zero-order chi connectivity index (χ0) is 18.0. The first-order chi connectivity index (χ1) is 12.0. The molecule has 0 saturated heterocycles. The van der Waals surface area contributed by atoms with Crippen LogP contribution in [0.2, 0.25) is 10.0 Å². The average Bonchev–Trinajstić information content (AvgIpc) is 2.63. The van der Waals surface area contributed by atoms with Crippen LogP contribution in [0.5, 0.6) is 5.75 Å². The maximum atomic E-state index is 12.6. The molecule has 0 spiro atoms. The standard InChI is InChI=1S/C20H17Cl2NO2/c1-12(20(24)23-19-11-16(21)6-8-18(19)22)13-3-4-15-10-17(25-2)7-5-14(15)9-13/h3-12H,1-2H3,(H,23,24)/t12-/m0/s1. The molecular formula is C20H17Cl2NO2. The van der Waals surface area contributed by atoms with Gasteiger partial charge in [-0.25, -0.2) is 0 Å². The van der Waals surface area contributed by atoms with Gasteiger partial charge in [-0.2, -0.15) is 0 Å². The molecule has 0 bridgehead atoms. The molecule has 1 atom stereocenters. The van der Waals surface area contributed by atoms with Crippen LogP contribution in [-0.2, 0) is 4.79 Å². The summed E-state index contributed by atoms with van der Waals surface area (Å²) in [4.78, 5) is 12.6. The van der Waals surface area contributed by atoms with Crippen molar-refractivity contribution in [1.82, 2.24) is 0 Å². The second-order valence-corrected chi connectivity index (χ2v) is 6.65. The molecule has 3 nitrogen and oxygen atoms in total. The normalized spacial score (nSPS) is 12.0. The van der Waals surface area contributed by atoms with Crippen molar-refractivity contribution in [2.24, 2.45) is 0 Å². The van der Waals surface area contributed by atoms with Gasteiger partial charge in [0.2, 0.25) is 5.91 Å². The van der Waals surface area contributed by atoms with Gasteiger partial charge in [-0.05, 0) is 53.6 Å². The van der Waals surface area contributed by atoms with Crippen LogP contribution in [0.4, 0.5) is 5.69 Å². The summed E-state index contributed by atoms with van der Waals surface area (Å²) in [5, 5.41) is 5.93. The number of fused-ring (bicyclic) bond motifs is 1. The maximum absolute atomic E-state index is 12.6. The van der Waals surface area contributed by atoms with Crippen LogP contribution in [0.25, 0.3) is 10.8 Å². The van der Waals surface area contributed by atoms with Crippen molar-refractivity contribution in [3.05, 3.63) is 70.2 Å². The Bertz CT molecular complexity index is 940. The van der Waals surface area contributed by atoms with E-state index in [2.05, 4.69) is 5.32 Å². The fourth-order valence-electron chi connectivity index (χ4n) is 2.62. The molecule has 5 heteroatoms. The number of benzene rings is 3. The fraction of sp³-hybridized carbons (Fsp3) is 0.150. The van der Waals surface area contributed by atoms with E-state index in [1.807, 2.05) is 43.3 Å². The van der Waals surface area contributed by atoms with Crippen molar-refractivity contribution >= 4 is 45.6 Å². The second-order valence-electron chi connectivity index (χ2n) is 5.81. The quantitative estimate of drug-likeness (QED) is 0.618. The molecule has 3 aromatic carbocycles. The molecule has 0 unspecified atom stereocenters. The van der Waals surface area contributed by atoms with Gasteiger partial charge < -0.3 is 10.1 Å². The van der Waals surface area contributed by atoms with Crippen LogP contribution in [0, 0.1) is 0 Å². The Morgan fingerprint density at radius 2 is 1.72 bits per heavy atom. The summed E-state index contributed by atoms with van der Waals surface area (Å²) < 4.78 is 5.24. The Morgan fingerprint density at radius 1 is 1.00 bits per heavy atom. The Morgan fingerprint density at radius 3 is 2.48 bits per heavy atom. The minimum atomic E-state index is -0.332.